The second-order valence-electron chi connectivity index (χ2n) is 8.63. The maximum atomic E-state index is 5.56. The smallest absolute Gasteiger partial charge is 0.225 e. The number of para-hydroxylation sites is 1. The number of fused-ring (bicyclic) bond motifs is 1. The van der Waals surface area contributed by atoms with Crippen LogP contribution in [0.25, 0.3) is 10.9 Å². The first-order valence-corrected chi connectivity index (χ1v) is 12.2. The molecule has 4 rings (SSSR count). The fourth-order valence-electron chi connectivity index (χ4n) is 4.33. The normalized spacial score (nSPS) is 10.7. The first kappa shape index (κ1) is 26.7. The van der Waals surface area contributed by atoms with E-state index in [1.165, 1.54) is 0 Å². The summed E-state index contributed by atoms with van der Waals surface area (Å²) in [6.45, 7) is 1.22. The van der Waals surface area contributed by atoms with E-state index in [4.69, 9.17) is 33.7 Å². The molecule has 1 N–H and O–H groups in total. The van der Waals surface area contributed by atoms with E-state index in [1.807, 2.05) is 61.6 Å². The van der Waals surface area contributed by atoms with E-state index >= 15 is 0 Å². The standard InChI is InChI=1S/C29H34N4O5/c1-33(18-20-9-7-8-10-23(20)34-2)28-21-16-26(37-5)27(38-6)17-22(21)31-29(32-28)30-14-13-19-11-12-24(35-3)25(15-19)36-4/h7-12,15-17H,13-14,18H2,1-6H3,(H,30,31,32). The van der Waals surface area contributed by atoms with Crippen molar-refractivity contribution in [3.05, 3.63) is 65.7 Å². The van der Waals surface area contributed by atoms with Crippen LogP contribution in [0, 0.1) is 0 Å². The number of hydrogen-bond acceptors (Lipinski definition) is 9. The van der Waals surface area contributed by atoms with Crippen molar-refractivity contribution in [2.24, 2.45) is 0 Å². The Morgan fingerprint density at radius 1 is 0.711 bits per heavy atom. The third-order valence-corrected chi connectivity index (χ3v) is 6.29. The van der Waals surface area contributed by atoms with Crippen LogP contribution in [-0.2, 0) is 13.0 Å². The van der Waals surface area contributed by atoms with E-state index in [-0.39, 0.29) is 0 Å². The number of benzene rings is 3. The van der Waals surface area contributed by atoms with Crippen LogP contribution in [0.5, 0.6) is 28.7 Å². The van der Waals surface area contributed by atoms with Gasteiger partial charge in [0.25, 0.3) is 0 Å². The highest BCUT2D eigenvalue weighted by atomic mass is 16.5. The molecule has 4 aromatic rings. The molecule has 9 nitrogen and oxygen atoms in total. The van der Waals surface area contributed by atoms with Gasteiger partial charge in [0.15, 0.2) is 23.0 Å². The molecule has 0 bridgehead atoms. The molecule has 200 valence electrons. The molecule has 0 amide bonds. The molecule has 0 saturated heterocycles. The third kappa shape index (κ3) is 5.77. The van der Waals surface area contributed by atoms with Gasteiger partial charge in [-0.05, 0) is 36.2 Å². The Labute approximate surface area is 223 Å². The Morgan fingerprint density at radius 3 is 2.08 bits per heavy atom. The Balaban J connectivity index is 1.65. The van der Waals surface area contributed by atoms with Crippen molar-refractivity contribution in [2.75, 3.05) is 59.4 Å². The van der Waals surface area contributed by atoms with Crippen LogP contribution in [0.4, 0.5) is 11.8 Å². The molecule has 0 unspecified atom stereocenters. The molecule has 0 radical (unpaired) electrons. The van der Waals surface area contributed by atoms with E-state index in [0.29, 0.717) is 42.0 Å². The van der Waals surface area contributed by atoms with Gasteiger partial charge in [0.05, 0.1) is 41.1 Å². The van der Waals surface area contributed by atoms with Gasteiger partial charge in [0, 0.05) is 37.2 Å². The van der Waals surface area contributed by atoms with E-state index < -0.39 is 0 Å². The van der Waals surface area contributed by atoms with Crippen molar-refractivity contribution in [2.45, 2.75) is 13.0 Å². The highest BCUT2D eigenvalue weighted by molar-refractivity contribution is 5.93. The zero-order chi connectivity index (χ0) is 27.1. The summed E-state index contributed by atoms with van der Waals surface area (Å²) in [5, 5.41) is 4.23. The molecule has 3 aromatic carbocycles. The molecule has 0 saturated carbocycles. The minimum absolute atomic E-state index is 0.520. The lowest BCUT2D eigenvalue weighted by molar-refractivity contribution is 0.354. The fraction of sp³-hybridized carbons (Fsp3) is 0.310. The molecular weight excluding hydrogens is 484 g/mol. The zero-order valence-corrected chi connectivity index (χ0v) is 22.7. The summed E-state index contributed by atoms with van der Waals surface area (Å²) in [6.07, 6.45) is 0.750. The number of anilines is 2. The Kier molecular flexibility index (Phi) is 8.58. The van der Waals surface area contributed by atoms with Gasteiger partial charge in [-0.1, -0.05) is 24.3 Å². The molecule has 0 aliphatic carbocycles. The number of methoxy groups -OCH3 is 5. The lowest BCUT2D eigenvalue weighted by atomic mass is 10.1. The highest BCUT2D eigenvalue weighted by Gasteiger charge is 2.17. The van der Waals surface area contributed by atoms with Crippen LogP contribution >= 0.6 is 0 Å². The molecule has 0 aliphatic heterocycles. The first-order valence-electron chi connectivity index (χ1n) is 12.2. The molecule has 38 heavy (non-hydrogen) atoms. The number of hydrogen-bond donors (Lipinski definition) is 1. The summed E-state index contributed by atoms with van der Waals surface area (Å²) < 4.78 is 27.4. The van der Waals surface area contributed by atoms with Crippen molar-refractivity contribution in [1.29, 1.82) is 0 Å². The van der Waals surface area contributed by atoms with Gasteiger partial charge >= 0.3 is 0 Å². The van der Waals surface area contributed by atoms with Gasteiger partial charge in [-0.25, -0.2) is 4.98 Å². The number of aromatic nitrogens is 2. The molecule has 1 aromatic heterocycles. The monoisotopic (exact) mass is 518 g/mol. The van der Waals surface area contributed by atoms with Gasteiger partial charge in [-0.2, -0.15) is 4.98 Å². The van der Waals surface area contributed by atoms with Crippen molar-refractivity contribution >= 4 is 22.7 Å². The second-order valence-corrected chi connectivity index (χ2v) is 8.63. The quantitative estimate of drug-likeness (QED) is 0.279. The molecular formula is C29H34N4O5. The SMILES string of the molecule is COc1ccccc1CN(C)c1nc(NCCc2ccc(OC)c(OC)c2)nc2cc(OC)c(OC)cc12. The van der Waals surface area contributed by atoms with Crippen LogP contribution in [0.3, 0.4) is 0 Å². The second kappa shape index (κ2) is 12.2. The summed E-state index contributed by atoms with van der Waals surface area (Å²) in [4.78, 5) is 11.8. The molecule has 1 heterocycles. The number of rotatable bonds is 12. The van der Waals surface area contributed by atoms with Gasteiger partial charge in [-0.15, -0.1) is 0 Å². The highest BCUT2D eigenvalue weighted by Crippen LogP contribution is 2.36. The Hall–Kier alpha value is -4.40. The van der Waals surface area contributed by atoms with Crippen molar-refractivity contribution in [3.63, 3.8) is 0 Å². The minimum atomic E-state index is 0.520. The molecule has 0 atom stereocenters. The number of nitrogens with zero attached hydrogens (tertiary/aromatic N) is 3. The van der Waals surface area contributed by atoms with E-state index in [2.05, 4.69) is 10.2 Å². The lowest BCUT2D eigenvalue weighted by Crippen LogP contribution is -2.20. The maximum Gasteiger partial charge on any atom is 0.225 e. The summed E-state index contributed by atoms with van der Waals surface area (Å²) in [7, 11) is 10.2. The molecule has 9 heteroatoms. The Morgan fingerprint density at radius 2 is 1.37 bits per heavy atom. The van der Waals surface area contributed by atoms with Crippen LogP contribution in [0.1, 0.15) is 11.1 Å². The molecule has 0 spiro atoms. The van der Waals surface area contributed by atoms with Crippen molar-refractivity contribution < 1.29 is 23.7 Å². The third-order valence-electron chi connectivity index (χ3n) is 6.29. The van der Waals surface area contributed by atoms with Gasteiger partial charge in [0.2, 0.25) is 5.95 Å². The predicted octanol–water partition coefficient (Wildman–Crippen LogP) is 4.96. The lowest BCUT2D eigenvalue weighted by Gasteiger charge is -2.22. The maximum absolute atomic E-state index is 5.56. The average Bonchev–Trinajstić information content (AvgIpc) is 2.96. The number of ether oxygens (including phenoxy) is 5. The van der Waals surface area contributed by atoms with Gasteiger partial charge in [-0.3, -0.25) is 0 Å². The van der Waals surface area contributed by atoms with Crippen LogP contribution in [0.15, 0.2) is 54.6 Å². The van der Waals surface area contributed by atoms with Crippen LogP contribution in [0.2, 0.25) is 0 Å². The van der Waals surface area contributed by atoms with E-state index in [0.717, 1.165) is 40.0 Å². The fourth-order valence-corrected chi connectivity index (χ4v) is 4.33. The van der Waals surface area contributed by atoms with Gasteiger partial charge < -0.3 is 33.9 Å². The molecule has 0 aliphatic rings. The van der Waals surface area contributed by atoms with Crippen molar-refractivity contribution in [1.82, 2.24) is 9.97 Å². The first-order chi connectivity index (χ1) is 18.5. The topological polar surface area (TPSA) is 87.2 Å². The zero-order valence-electron chi connectivity index (χ0n) is 22.7. The average molecular weight is 519 g/mol. The predicted molar refractivity (Wildman–Crippen MR) is 149 cm³/mol. The summed E-state index contributed by atoms with van der Waals surface area (Å²) >= 11 is 0. The minimum Gasteiger partial charge on any atom is -0.496 e. The van der Waals surface area contributed by atoms with Gasteiger partial charge in [0.1, 0.15) is 11.6 Å². The van der Waals surface area contributed by atoms with Crippen LogP contribution < -0.4 is 33.9 Å². The summed E-state index contributed by atoms with van der Waals surface area (Å²) in [5.74, 6) is 4.73. The number of nitrogens with one attached hydrogen (secondary N) is 1. The van der Waals surface area contributed by atoms with Crippen LogP contribution in [-0.4, -0.2) is 59.1 Å². The molecule has 0 fully saturated rings. The van der Waals surface area contributed by atoms with Crippen molar-refractivity contribution in [3.8, 4) is 28.7 Å². The largest absolute Gasteiger partial charge is 0.496 e. The van der Waals surface area contributed by atoms with E-state index in [9.17, 15) is 0 Å². The van der Waals surface area contributed by atoms with E-state index in [1.54, 1.807) is 35.5 Å². The Bertz CT molecular complexity index is 1400. The summed E-state index contributed by atoms with van der Waals surface area (Å²) in [6, 6.07) is 17.6. The summed E-state index contributed by atoms with van der Waals surface area (Å²) in [5.41, 5.74) is 2.90.